The van der Waals surface area contributed by atoms with Gasteiger partial charge in [0.1, 0.15) is 0 Å². The van der Waals surface area contributed by atoms with Gasteiger partial charge in [-0.15, -0.1) is 0 Å². The lowest BCUT2D eigenvalue weighted by atomic mass is 9.67. The van der Waals surface area contributed by atoms with Gasteiger partial charge in [0.15, 0.2) is 0 Å². The average Bonchev–Trinajstić information content (AvgIpc) is 2.16. The predicted molar refractivity (Wildman–Crippen MR) is 61.4 cm³/mol. The Morgan fingerprint density at radius 3 is 2.00 bits per heavy atom. The first-order valence-electron chi connectivity index (χ1n) is 6.18. The fourth-order valence-corrected chi connectivity index (χ4v) is 2.48. The number of ether oxygens (including phenoxy) is 1. The molecule has 0 aliphatic heterocycles. The van der Waals surface area contributed by atoms with Crippen molar-refractivity contribution in [2.24, 2.45) is 11.3 Å². The van der Waals surface area contributed by atoms with Crippen LogP contribution in [0.3, 0.4) is 0 Å². The Morgan fingerprint density at radius 1 is 1.00 bits per heavy atom. The van der Waals surface area contributed by atoms with Crippen LogP contribution in [0.1, 0.15) is 59.8 Å². The molecule has 0 aromatic carbocycles. The smallest absolute Gasteiger partial charge is 0.0528 e. The van der Waals surface area contributed by atoms with Gasteiger partial charge in [-0.2, -0.15) is 0 Å². The van der Waals surface area contributed by atoms with Crippen molar-refractivity contribution in [3.63, 3.8) is 0 Å². The topological polar surface area (TPSA) is 9.23 Å². The first-order chi connectivity index (χ1) is 6.57. The van der Waals surface area contributed by atoms with Crippen molar-refractivity contribution >= 4 is 0 Å². The third-order valence-electron chi connectivity index (χ3n) is 3.78. The maximum absolute atomic E-state index is 5.85. The van der Waals surface area contributed by atoms with Gasteiger partial charge in [-0.1, -0.05) is 33.1 Å². The van der Waals surface area contributed by atoms with Gasteiger partial charge in [0.05, 0.1) is 12.7 Å². The normalized spacial score (nSPS) is 21.9. The minimum Gasteiger partial charge on any atom is -0.378 e. The molecular formula is C13H26O. The van der Waals surface area contributed by atoms with Crippen molar-refractivity contribution < 1.29 is 4.74 Å². The molecule has 0 N–H and O–H groups in total. The Hall–Kier alpha value is -0.0400. The van der Waals surface area contributed by atoms with Crippen LogP contribution in [0.5, 0.6) is 0 Å². The third kappa shape index (κ3) is 2.98. The van der Waals surface area contributed by atoms with Crippen LogP contribution in [0.25, 0.3) is 0 Å². The fourth-order valence-electron chi connectivity index (χ4n) is 2.48. The minimum atomic E-state index is 0.382. The van der Waals surface area contributed by atoms with Crippen molar-refractivity contribution in [3.05, 3.63) is 0 Å². The van der Waals surface area contributed by atoms with E-state index in [2.05, 4.69) is 27.7 Å². The van der Waals surface area contributed by atoms with Crippen LogP contribution in [0.15, 0.2) is 0 Å². The van der Waals surface area contributed by atoms with Gasteiger partial charge in [0.2, 0.25) is 0 Å². The zero-order valence-electron chi connectivity index (χ0n) is 10.3. The SMILES string of the molecule is CC(C)OCC1(C(C)C)CCCCC1. The highest BCUT2D eigenvalue weighted by atomic mass is 16.5. The molecule has 0 bridgehead atoms. The summed E-state index contributed by atoms with van der Waals surface area (Å²) in [5.74, 6) is 0.765. The van der Waals surface area contributed by atoms with E-state index < -0.39 is 0 Å². The van der Waals surface area contributed by atoms with E-state index in [1.165, 1.54) is 32.1 Å². The molecule has 1 fully saturated rings. The third-order valence-corrected chi connectivity index (χ3v) is 3.78. The Morgan fingerprint density at radius 2 is 1.57 bits per heavy atom. The highest BCUT2D eigenvalue weighted by Crippen LogP contribution is 2.42. The van der Waals surface area contributed by atoms with E-state index in [0.717, 1.165) is 12.5 Å². The molecule has 0 heterocycles. The van der Waals surface area contributed by atoms with Gasteiger partial charge in [0.25, 0.3) is 0 Å². The van der Waals surface area contributed by atoms with E-state index in [9.17, 15) is 0 Å². The summed E-state index contributed by atoms with van der Waals surface area (Å²) in [7, 11) is 0. The van der Waals surface area contributed by atoms with Crippen molar-refractivity contribution in [2.45, 2.75) is 65.9 Å². The van der Waals surface area contributed by atoms with E-state index in [1.807, 2.05) is 0 Å². The molecule has 0 saturated heterocycles. The Labute approximate surface area is 89.2 Å². The number of hydrogen-bond donors (Lipinski definition) is 0. The molecule has 0 amide bonds. The summed E-state index contributed by atoms with van der Waals surface area (Å²) in [6.45, 7) is 9.96. The zero-order valence-corrected chi connectivity index (χ0v) is 10.3. The summed E-state index contributed by atoms with van der Waals surface area (Å²) in [4.78, 5) is 0. The molecule has 0 spiro atoms. The average molecular weight is 198 g/mol. The lowest BCUT2D eigenvalue weighted by molar-refractivity contribution is -0.0349. The lowest BCUT2D eigenvalue weighted by Crippen LogP contribution is -2.35. The van der Waals surface area contributed by atoms with Crippen LogP contribution in [0, 0.1) is 11.3 Å². The molecule has 0 aromatic rings. The molecule has 1 aliphatic rings. The summed E-state index contributed by atoms with van der Waals surface area (Å²) in [6, 6.07) is 0. The molecule has 0 aromatic heterocycles. The summed E-state index contributed by atoms with van der Waals surface area (Å²) in [5, 5.41) is 0. The van der Waals surface area contributed by atoms with Crippen molar-refractivity contribution in [1.82, 2.24) is 0 Å². The van der Waals surface area contributed by atoms with Crippen LogP contribution in [0.2, 0.25) is 0 Å². The summed E-state index contributed by atoms with van der Waals surface area (Å²) >= 11 is 0. The van der Waals surface area contributed by atoms with Crippen molar-refractivity contribution in [3.8, 4) is 0 Å². The molecule has 1 nitrogen and oxygen atoms in total. The molecular weight excluding hydrogens is 172 g/mol. The van der Waals surface area contributed by atoms with Crippen LogP contribution >= 0.6 is 0 Å². The monoisotopic (exact) mass is 198 g/mol. The fraction of sp³-hybridized carbons (Fsp3) is 1.00. The first-order valence-corrected chi connectivity index (χ1v) is 6.18. The van der Waals surface area contributed by atoms with E-state index in [-0.39, 0.29) is 0 Å². The van der Waals surface area contributed by atoms with Gasteiger partial charge >= 0.3 is 0 Å². The van der Waals surface area contributed by atoms with Crippen LogP contribution in [-0.4, -0.2) is 12.7 Å². The van der Waals surface area contributed by atoms with Gasteiger partial charge < -0.3 is 4.74 Å². The maximum atomic E-state index is 5.85. The second-order valence-corrected chi connectivity index (χ2v) is 5.44. The first kappa shape index (κ1) is 12.0. The molecule has 14 heavy (non-hydrogen) atoms. The van der Waals surface area contributed by atoms with Crippen molar-refractivity contribution in [2.75, 3.05) is 6.61 Å². The summed E-state index contributed by atoms with van der Waals surface area (Å²) in [5.41, 5.74) is 0.489. The largest absolute Gasteiger partial charge is 0.378 e. The van der Waals surface area contributed by atoms with Gasteiger partial charge in [-0.05, 0) is 38.0 Å². The lowest BCUT2D eigenvalue weighted by Gasteiger charge is -2.41. The number of hydrogen-bond acceptors (Lipinski definition) is 1. The van der Waals surface area contributed by atoms with E-state index >= 15 is 0 Å². The van der Waals surface area contributed by atoms with Gasteiger partial charge in [-0.25, -0.2) is 0 Å². The maximum Gasteiger partial charge on any atom is 0.0528 e. The quantitative estimate of drug-likeness (QED) is 0.663. The second-order valence-electron chi connectivity index (χ2n) is 5.44. The predicted octanol–water partition coefficient (Wildman–Crippen LogP) is 4.02. The molecule has 0 atom stereocenters. The number of rotatable bonds is 4. The highest BCUT2D eigenvalue weighted by Gasteiger charge is 2.35. The van der Waals surface area contributed by atoms with E-state index in [4.69, 9.17) is 4.74 Å². The van der Waals surface area contributed by atoms with Crippen LogP contribution in [-0.2, 0) is 4.74 Å². The van der Waals surface area contributed by atoms with Gasteiger partial charge in [0, 0.05) is 0 Å². The van der Waals surface area contributed by atoms with E-state index in [0.29, 0.717) is 11.5 Å². The molecule has 1 rings (SSSR count). The zero-order chi connectivity index (χ0) is 10.6. The molecule has 84 valence electrons. The Kier molecular flexibility index (Phi) is 4.43. The Bertz CT molecular complexity index is 155. The van der Waals surface area contributed by atoms with Crippen LogP contribution < -0.4 is 0 Å². The molecule has 1 aliphatic carbocycles. The highest BCUT2D eigenvalue weighted by molar-refractivity contribution is 4.85. The Balaban J connectivity index is 2.52. The standard InChI is InChI=1S/C13H26O/c1-11(2)13(10-14-12(3)4)8-6-5-7-9-13/h11-12H,5-10H2,1-4H3. The molecule has 0 unspecified atom stereocenters. The second kappa shape index (κ2) is 5.16. The summed E-state index contributed by atoms with van der Waals surface area (Å²) in [6.07, 6.45) is 7.36. The van der Waals surface area contributed by atoms with Gasteiger partial charge in [-0.3, -0.25) is 0 Å². The molecule has 1 saturated carbocycles. The molecule has 0 radical (unpaired) electrons. The minimum absolute atomic E-state index is 0.382. The van der Waals surface area contributed by atoms with Crippen LogP contribution in [0.4, 0.5) is 0 Å². The van der Waals surface area contributed by atoms with Crippen molar-refractivity contribution in [1.29, 1.82) is 0 Å². The molecule has 1 heteroatoms. The summed E-state index contributed by atoms with van der Waals surface area (Å²) < 4.78 is 5.85. The van der Waals surface area contributed by atoms with E-state index in [1.54, 1.807) is 0 Å².